The van der Waals surface area contributed by atoms with Gasteiger partial charge in [-0.05, 0) is 40.3 Å². The Labute approximate surface area is 105 Å². The molecule has 1 aromatic carbocycles. The molecular weight excluding hydrogens is 302 g/mol. The molecule has 0 unspecified atom stereocenters. The van der Waals surface area contributed by atoms with Crippen LogP contribution in [0.3, 0.4) is 0 Å². The molecule has 4 nitrogen and oxygen atoms in total. The Kier molecular flexibility index (Phi) is 4.31. The molecule has 0 aliphatic rings. The molecule has 15 heavy (non-hydrogen) atoms. The number of nitrogens with two attached hydrogens (primary N) is 1. The molecule has 0 spiro atoms. The highest BCUT2D eigenvalue weighted by Crippen LogP contribution is 2.30. The van der Waals surface area contributed by atoms with E-state index in [1.54, 1.807) is 12.1 Å². The molecule has 7 heteroatoms. The van der Waals surface area contributed by atoms with Crippen LogP contribution in [0.5, 0.6) is 5.75 Å². The minimum atomic E-state index is 0.0480. The normalized spacial score (nSPS) is 10.5. The third-order valence-corrected chi connectivity index (χ3v) is 2.35. The van der Waals surface area contributed by atoms with E-state index < -0.39 is 0 Å². The molecule has 4 N–H and O–H groups in total. The average molecular weight is 309 g/mol. The van der Waals surface area contributed by atoms with Gasteiger partial charge in [-0.3, -0.25) is 5.43 Å². The lowest BCUT2D eigenvalue weighted by atomic mass is 10.2. The van der Waals surface area contributed by atoms with Crippen molar-refractivity contribution in [3.05, 3.63) is 27.2 Å². The molecule has 1 rings (SSSR count). The van der Waals surface area contributed by atoms with Gasteiger partial charge in [0, 0.05) is 10.6 Å². The Balaban J connectivity index is 2.94. The molecule has 0 saturated carbocycles. The topological polar surface area (TPSA) is 70.6 Å². The Morgan fingerprint density at radius 1 is 1.67 bits per heavy atom. The van der Waals surface area contributed by atoms with Gasteiger partial charge in [0.15, 0.2) is 5.11 Å². The zero-order chi connectivity index (χ0) is 11.4. The third-order valence-electron chi connectivity index (χ3n) is 1.44. The zero-order valence-electron chi connectivity index (χ0n) is 7.37. The van der Waals surface area contributed by atoms with E-state index in [4.69, 9.17) is 17.3 Å². The number of nitrogens with one attached hydrogen (secondary N) is 1. The first kappa shape index (κ1) is 12.2. The molecule has 0 aromatic heterocycles. The number of halogens is 2. The van der Waals surface area contributed by atoms with E-state index in [1.807, 2.05) is 0 Å². The summed E-state index contributed by atoms with van der Waals surface area (Å²) in [5.74, 6) is 0.0490. The number of benzene rings is 1. The summed E-state index contributed by atoms with van der Waals surface area (Å²) in [7, 11) is 0. The van der Waals surface area contributed by atoms with Gasteiger partial charge in [0.1, 0.15) is 5.75 Å². The maximum atomic E-state index is 9.60. The van der Waals surface area contributed by atoms with Gasteiger partial charge in [-0.25, -0.2) is 0 Å². The van der Waals surface area contributed by atoms with Crippen LogP contribution in [0.25, 0.3) is 0 Å². The Bertz CT molecular complexity index is 425. The fraction of sp³-hybridized carbons (Fsp3) is 0. The monoisotopic (exact) mass is 307 g/mol. The standard InChI is InChI=1S/C8H7BrClN3OS/c9-6-2-5(10)1-4(7(6)14)3-12-13-8(11)15/h1-3,14H,(H3,11,13,15)/b12-3+. The van der Waals surface area contributed by atoms with E-state index in [0.29, 0.717) is 15.1 Å². The fourth-order valence-electron chi connectivity index (χ4n) is 0.850. The van der Waals surface area contributed by atoms with Crippen LogP contribution in [0.2, 0.25) is 5.02 Å². The second-order valence-corrected chi connectivity index (χ2v) is 4.29. The number of phenols is 1. The molecule has 0 aliphatic heterocycles. The smallest absolute Gasteiger partial charge is 0.184 e. The summed E-state index contributed by atoms with van der Waals surface area (Å²) in [5, 5.41) is 13.8. The molecule has 0 aliphatic carbocycles. The van der Waals surface area contributed by atoms with Crippen molar-refractivity contribution in [1.82, 2.24) is 5.43 Å². The lowest BCUT2D eigenvalue weighted by Gasteiger charge is -2.02. The first-order valence-corrected chi connectivity index (χ1v) is 5.35. The number of rotatable bonds is 2. The first-order valence-electron chi connectivity index (χ1n) is 3.77. The van der Waals surface area contributed by atoms with Crippen LogP contribution in [0.4, 0.5) is 0 Å². The van der Waals surface area contributed by atoms with Crippen molar-refractivity contribution in [1.29, 1.82) is 0 Å². The summed E-state index contributed by atoms with van der Waals surface area (Å²) >= 11 is 13.5. The highest BCUT2D eigenvalue weighted by atomic mass is 79.9. The molecule has 0 atom stereocenters. The van der Waals surface area contributed by atoms with Gasteiger partial charge in [-0.15, -0.1) is 0 Å². The summed E-state index contributed by atoms with van der Waals surface area (Å²) in [6, 6.07) is 3.14. The summed E-state index contributed by atoms with van der Waals surface area (Å²) in [5.41, 5.74) is 7.99. The maximum Gasteiger partial charge on any atom is 0.184 e. The van der Waals surface area contributed by atoms with E-state index >= 15 is 0 Å². The van der Waals surface area contributed by atoms with Gasteiger partial charge in [0.2, 0.25) is 0 Å². The van der Waals surface area contributed by atoms with Crippen molar-refractivity contribution in [2.45, 2.75) is 0 Å². The molecule has 0 saturated heterocycles. The van der Waals surface area contributed by atoms with Crippen molar-refractivity contribution in [2.24, 2.45) is 10.8 Å². The SMILES string of the molecule is NC(=S)N/N=C/c1cc(Cl)cc(Br)c1O. The Hall–Kier alpha value is -0.850. The first-order chi connectivity index (χ1) is 7.00. The van der Waals surface area contributed by atoms with Gasteiger partial charge < -0.3 is 10.8 Å². The number of hydrazone groups is 1. The maximum absolute atomic E-state index is 9.60. The van der Waals surface area contributed by atoms with E-state index in [0.717, 1.165) is 0 Å². The molecule has 80 valence electrons. The lowest BCUT2D eigenvalue weighted by Crippen LogP contribution is -2.23. The minimum Gasteiger partial charge on any atom is -0.506 e. The van der Waals surface area contributed by atoms with Crippen LogP contribution < -0.4 is 11.2 Å². The largest absolute Gasteiger partial charge is 0.506 e. The van der Waals surface area contributed by atoms with Gasteiger partial charge in [0.25, 0.3) is 0 Å². The molecular formula is C8H7BrClN3OS. The summed E-state index contributed by atoms with van der Waals surface area (Å²) < 4.78 is 0.492. The predicted octanol–water partition coefficient (Wildman–Crippen LogP) is 1.98. The van der Waals surface area contributed by atoms with Crippen molar-refractivity contribution in [2.75, 3.05) is 0 Å². The van der Waals surface area contributed by atoms with Crippen molar-refractivity contribution >= 4 is 51.1 Å². The van der Waals surface area contributed by atoms with Crippen molar-refractivity contribution in [3.63, 3.8) is 0 Å². The summed E-state index contributed by atoms with van der Waals surface area (Å²) in [4.78, 5) is 0. The van der Waals surface area contributed by atoms with Crippen LogP contribution in [-0.4, -0.2) is 16.4 Å². The third kappa shape index (κ3) is 3.65. The van der Waals surface area contributed by atoms with Crippen molar-refractivity contribution < 1.29 is 5.11 Å². The molecule has 0 amide bonds. The Morgan fingerprint density at radius 3 is 2.93 bits per heavy atom. The number of hydrogen-bond donors (Lipinski definition) is 3. The molecule has 0 fully saturated rings. The van der Waals surface area contributed by atoms with E-state index in [1.165, 1.54) is 6.21 Å². The number of thiocarbonyl (C=S) groups is 1. The quantitative estimate of drug-likeness (QED) is 0.444. The van der Waals surface area contributed by atoms with Crippen LogP contribution in [0, 0.1) is 0 Å². The van der Waals surface area contributed by atoms with Gasteiger partial charge in [-0.1, -0.05) is 11.6 Å². The van der Waals surface area contributed by atoms with Crippen LogP contribution >= 0.6 is 39.7 Å². The summed E-state index contributed by atoms with van der Waals surface area (Å²) in [6.45, 7) is 0. The summed E-state index contributed by atoms with van der Waals surface area (Å²) in [6.07, 6.45) is 1.37. The lowest BCUT2D eigenvalue weighted by molar-refractivity contribution is 0.471. The second-order valence-electron chi connectivity index (χ2n) is 2.56. The Morgan fingerprint density at radius 2 is 2.33 bits per heavy atom. The molecule has 0 heterocycles. The number of nitrogens with zero attached hydrogens (tertiary/aromatic N) is 1. The highest BCUT2D eigenvalue weighted by molar-refractivity contribution is 9.10. The van der Waals surface area contributed by atoms with E-state index in [9.17, 15) is 5.11 Å². The highest BCUT2D eigenvalue weighted by Gasteiger charge is 2.05. The zero-order valence-corrected chi connectivity index (χ0v) is 10.5. The van der Waals surface area contributed by atoms with Crippen molar-refractivity contribution in [3.8, 4) is 5.75 Å². The van der Waals surface area contributed by atoms with Gasteiger partial charge in [-0.2, -0.15) is 5.10 Å². The van der Waals surface area contributed by atoms with Gasteiger partial charge >= 0.3 is 0 Å². The van der Waals surface area contributed by atoms with Crippen LogP contribution in [-0.2, 0) is 0 Å². The predicted molar refractivity (Wildman–Crippen MR) is 68.3 cm³/mol. The number of hydrogen-bond acceptors (Lipinski definition) is 3. The minimum absolute atomic E-state index is 0.0480. The van der Waals surface area contributed by atoms with E-state index in [-0.39, 0.29) is 10.9 Å². The molecule has 1 aromatic rings. The van der Waals surface area contributed by atoms with Gasteiger partial charge in [0.05, 0.1) is 10.7 Å². The molecule has 0 radical (unpaired) electrons. The van der Waals surface area contributed by atoms with E-state index in [2.05, 4.69) is 38.7 Å². The average Bonchev–Trinajstić information content (AvgIpc) is 2.12. The number of aromatic hydroxyl groups is 1. The second kappa shape index (κ2) is 5.29. The fourth-order valence-corrected chi connectivity index (χ4v) is 1.74. The molecule has 0 bridgehead atoms. The number of phenolic OH excluding ortho intramolecular Hbond substituents is 1. The van der Waals surface area contributed by atoms with Crippen LogP contribution in [0.15, 0.2) is 21.7 Å². The van der Waals surface area contributed by atoms with Crippen LogP contribution in [0.1, 0.15) is 5.56 Å².